The molecule has 0 bridgehead atoms. The first kappa shape index (κ1) is 20.0. The predicted molar refractivity (Wildman–Crippen MR) is 92.2 cm³/mol. The SMILES string of the molecule is C[Si](C)(C)CCOCOC1C(O)[C@H](CO)O[C@@H]1n1ccc(=O)[nH]c1=O. The molecule has 1 aliphatic rings. The Morgan fingerprint density at radius 2 is 2.08 bits per heavy atom. The minimum Gasteiger partial charge on any atom is -0.394 e. The molecule has 25 heavy (non-hydrogen) atoms. The van der Waals surface area contributed by atoms with Crippen LogP contribution in [0.2, 0.25) is 25.7 Å². The van der Waals surface area contributed by atoms with Crippen molar-refractivity contribution in [2.75, 3.05) is 20.0 Å². The second kappa shape index (κ2) is 8.38. The van der Waals surface area contributed by atoms with E-state index in [1.165, 1.54) is 12.3 Å². The second-order valence-corrected chi connectivity index (χ2v) is 12.8. The fourth-order valence-electron chi connectivity index (χ4n) is 2.46. The highest BCUT2D eigenvalue weighted by molar-refractivity contribution is 6.76. The third-order valence-electron chi connectivity index (χ3n) is 3.96. The molecule has 10 heteroatoms. The van der Waals surface area contributed by atoms with Crippen LogP contribution in [0.3, 0.4) is 0 Å². The van der Waals surface area contributed by atoms with Gasteiger partial charge in [-0.25, -0.2) is 4.79 Å². The number of hydrogen-bond donors (Lipinski definition) is 3. The number of aromatic amines is 1. The van der Waals surface area contributed by atoms with E-state index >= 15 is 0 Å². The van der Waals surface area contributed by atoms with E-state index in [1.54, 1.807) is 0 Å². The van der Waals surface area contributed by atoms with Crippen LogP contribution in [0.15, 0.2) is 21.9 Å². The van der Waals surface area contributed by atoms with Gasteiger partial charge in [-0.1, -0.05) is 19.6 Å². The molecular formula is C15H26N2O7Si. The molecule has 3 N–H and O–H groups in total. The van der Waals surface area contributed by atoms with Gasteiger partial charge in [-0.15, -0.1) is 0 Å². The highest BCUT2D eigenvalue weighted by Crippen LogP contribution is 2.30. The molecule has 0 saturated carbocycles. The average molecular weight is 374 g/mol. The summed E-state index contributed by atoms with van der Waals surface area (Å²) in [5, 5.41) is 19.6. The Labute approximate surface area is 146 Å². The van der Waals surface area contributed by atoms with Crippen LogP contribution >= 0.6 is 0 Å². The van der Waals surface area contributed by atoms with Crippen molar-refractivity contribution in [3.63, 3.8) is 0 Å². The Morgan fingerprint density at radius 1 is 1.36 bits per heavy atom. The van der Waals surface area contributed by atoms with Crippen molar-refractivity contribution < 1.29 is 24.4 Å². The van der Waals surface area contributed by atoms with Crippen LogP contribution in [0.5, 0.6) is 0 Å². The zero-order valence-electron chi connectivity index (χ0n) is 14.7. The Kier molecular flexibility index (Phi) is 6.71. The van der Waals surface area contributed by atoms with E-state index in [0.717, 1.165) is 10.6 Å². The first-order valence-electron chi connectivity index (χ1n) is 8.18. The van der Waals surface area contributed by atoms with E-state index in [-0.39, 0.29) is 6.79 Å². The minimum atomic E-state index is -1.21. The lowest BCUT2D eigenvalue weighted by atomic mass is 10.1. The number of hydrogen-bond acceptors (Lipinski definition) is 7. The Bertz CT molecular complexity index is 669. The van der Waals surface area contributed by atoms with Crippen molar-refractivity contribution in [2.45, 2.75) is 50.2 Å². The van der Waals surface area contributed by atoms with Gasteiger partial charge in [0.15, 0.2) is 6.23 Å². The molecule has 2 rings (SSSR count). The van der Waals surface area contributed by atoms with Crippen molar-refractivity contribution in [1.29, 1.82) is 0 Å². The first-order chi connectivity index (χ1) is 11.7. The normalized spacial score (nSPS) is 26.9. The zero-order valence-corrected chi connectivity index (χ0v) is 15.7. The van der Waals surface area contributed by atoms with E-state index in [4.69, 9.17) is 14.2 Å². The number of rotatable bonds is 8. The van der Waals surface area contributed by atoms with Crippen molar-refractivity contribution >= 4 is 8.07 Å². The van der Waals surface area contributed by atoms with Crippen LogP contribution in [0.1, 0.15) is 6.23 Å². The molecule has 0 aliphatic carbocycles. The second-order valence-electron chi connectivity index (χ2n) is 7.22. The number of aromatic nitrogens is 2. The van der Waals surface area contributed by atoms with Gasteiger partial charge in [0, 0.05) is 26.9 Å². The Hall–Kier alpha value is -1.30. The molecule has 2 unspecified atom stereocenters. The maximum atomic E-state index is 12.0. The lowest BCUT2D eigenvalue weighted by Gasteiger charge is -2.22. The fourth-order valence-corrected chi connectivity index (χ4v) is 3.22. The molecule has 2 heterocycles. The van der Waals surface area contributed by atoms with Crippen molar-refractivity contribution in [1.82, 2.24) is 9.55 Å². The molecule has 142 valence electrons. The quantitative estimate of drug-likeness (QED) is 0.318. The summed E-state index contributed by atoms with van der Waals surface area (Å²) < 4.78 is 17.7. The molecule has 0 amide bonds. The van der Waals surface area contributed by atoms with E-state index in [2.05, 4.69) is 24.6 Å². The summed E-state index contributed by atoms with van der Waals surface area (Å²) in [5.74, 6) is 0. The number of aliphatic hydroxyl groups excluding tert-OH is 2. The van der Waals surface area contributed by atoms with Crippen LogP contribution in [0.4, 0.5) is 0 Å². The third kappa shape index (κ3) is 5.33. The molecule has 0 spiro atoms. The van der Waals surface area contributed by atoms with Gasteiger partial charge < -0.3 is 24.4 Å². The van der Waals surface area contributed by atoms with Crippen LogP contribution < -0.4 is 11.2 Å². The highest BCUT2D eigenvalue weighted by Gasteiger charge is 2.45. The molecule has 4 atom stereocenters. The van der Waals surface area contributed by atoms with Gasteiger partial charge in [-0.2, -0.15) is 0 Å². The molecule has 1 aliphatic heterocycles. The van der Waals surface area contributed by atoms with Gasteiger partial charge in [0.2, 0.25) is 0 Å². The number of aliphatic hydroxyl groups is 2. The van der Waals surface area contributed by atoms with Crippen molar-refractivity contribution in [3.8, 4) is 0 Å². The highest BCUT2D eigenvalue weighted by atomic mass is 28.3. The molecule has 9 nitrogen and oxygen atoms in total. The molecule has 1 aromatic rings. The van der Waals surface area contributed by atoms with E-state index in [0.29, 0.717) is 6.61 Å². The monoisotopic (exact) mass is 374 g/mol. The summed E-state index contributed by atoms with van der Waals surface area (Å²) in [6, 6.07) is 2.15. The van der Waals surface area contributed by atoms with Gasteiger partial charge >= 0.3 is 5.69 Å². The maximum absolute atomic E-state index is 12.0. The summed E-state index contributed by atoms with van der Waals surface area (Å²) >= 11 is 0. The minimum absolute atomic E-state index is 0.0671. The lowest BCUT2D eigenvalue weighted by Crippen LogP contribution is -2.39. The van der Waals surface area contributed by atoms with Gasteiger partial charge in [-0.05, 0) is 6.04 Å². The number of nitrogens with zero attached hydrogens (tertiary/aromatic N) is 1. The third-order valence-corrected chi connectivity index (χ3v) is 5.66. The number of ether oxygens (including phenoxy) is 3. The molecule has 0 aromatic carbocycles. The summed E-state index contributed by atoms with van der Waals surface area (Å²) in [6.45, 7) is 6.75. The molecule has 0 radical (unpaired) electrons. The average Bonchev–Trinajstić information content (AvgIpc) is 2.82. The summed E-state index contributed by atoms with van der Waals surface area (Å²) in [4.78, 5) is 25.3. The van der Waals surface area contributed by atoms with Crippen LogP contribution in [-0.2, 0) is 14.2 Å². The predicted octanol–water partition coefficient (Wildman–Crippen LogP) is -0.515. The van der Waals surface area contributed by atoms with Crippen LogP contribution in [0, 0.1) is 0 Å². The van der Waals surface area contributed by atoms with Gasteiger partial charge in [0.25, 0.3) is 5.56 Å². The maximum Gasteiger partial charge on any atom is 0.330 e. The topological polar surface area (TPSA) is 123 Å². The molecule has 1 aromatic heterocycles. The smallest absolute Gasteiger partial charge is 0.330 e. The van der Waals surface area contributed by atoms with E-state index in [9.17, 15) is 19.8 Å². The van der Waals surface area contributed by atoms with E-state index < -0.39 is 50.5 Å². The van der Waals surface area contributed by atoms with E-state index in [1.807, 2.05) is 0 Å². The first-order valence-corrected chi connectivity index (χ1v) is 11.9. The summed E-state index contributed by atoms with van der Waals surface area (Å²) in [7, 11) is -1.21. The largest absolute Gasteiger partial charge is 0.394 e. The zero-order chi connectivity index (χ0) is 18.6. The number of H-pyrrole nitrogens is 1. The van der Waals surface area contributed by atoms with Gasteiger partial charge in [0.1, 0.15) is 25.1 Å². The lowest BCUT2D eigenvalue weighted by molar-refractivity contribution is -0.138. The Morgan fingerprint density at radius 3 is 2.68 bits per heavy atom. The summed E-state index contributed by atoms with van der Waals surface area (Å²) in [6.07, 6.45) is -2.64. The van der Waals surface area contributed by atoms with Crippen molar-refractivity contribution in [3.05, 3.63) is 33.1 Å². The fraction of sp³-hybridized carbons (Fsp3) is 0.733. The van der Waals surface area contributed by atoms with Crippen LogP contribution in [-0.4, -0.2) is 66.2 Å². The standard InChI is InChI=1S/C15H26N2O7Si/c1-25(2,3)7-6-22-9-23-13-12(20)10(8-18)24-14(13)17-5-4-11(19)16-15(17)21/h4-5,10,12-14,18,20H,6-9H2,1-3H3,(H,16,19,21)/t10-,12?,13?,14-/m0/s1. The molecular weight excluding hydrogens is 348 g/mol. The molecule has 1 fully saturated rings. The Balaban J connectivity index is 2.04. The van der Waals surface area contributed by atoms with Crippen LogP contribution in [0.25, 0.3) is 0 Å². The van der Waals surface area contributed by atoms with Crippen molar-refractivity contribution in [2.24, 2.45) is 0 Å². The molecule has 1 saturated heterocycles. The van der Waals surface area contributed by atoms with Gasteiger partial charge in [-0.3, -0.25) is 14.3 Å². The van der Waals surface area contributed by atoms with Gasteiger partial charge in [0.05, 0.1) is 6.61 Å². The summed E-state index contributed by atoms with van der Waals surface area (Å²) in [5.41, 5.74) is -1.22. The number of nitrogens with one attached hydrogen (secondary N) is 1.